The third-order valence-electron chi connectivity index (χ3n) is 7.17. The number of nitrogens with zero attached hydrogens (tertiary/aromatic N) is 3. The Kier molecular flexibility index (Phi) is 7.15. The lowest BCUT2D eigenvalue weighted by Crippen LogP contribution is -2.67. The highest BCUT2D eigenvalue weighted by Crippen LogP contribution is 2.42. The Balaban J connectivity index is 1.57. The number of benzene rings is 2. The molecule has 176 valence electrons. The standard InChI is InChI=1S/C27H35N3O3/c1-4-25(32)29-14-5-6-15-30-23(17-29)26(24(30)18-31)20-12-10-19(11-13-20)21-8-7-9-22(16-21)27(33)28(2)3/h7-13,16,23-24,26,31H,4-6,14-15,17-18H2,1-3H3/t23-,24+,26-/m0/s1. The molecule has 3 atom stereocenters. The molecule has 6 nitrogen and oxygen atoms in total. The zero-order chi connectivity index (χ0) is 23.5. The molecule has 2 saturated heterocycles. The Hall–Kier alpha value is -2.70. The topological polar surface area (TPSA) is 64.1 Å². The van der Waals surface area contributed by atoms with E-state index < -0.39 is 0 Å². The van der Waals surface area contributed by atoms with Gasteiger partial charge >= 0.3 is 0 Å². The van der Waals surface area contributed by atoms with Gasteiger partial charge in [-0.25, -0.2) is 0 Å². The van der Waals surface area contributed by atoms with Gasteiger partial charge in [-0.05, 0) is 48.2 Å². The Morgan fingerprint density at radius 3 is 2.42 bits per heavy atom. The second-order valence-electron chi connectivity index (χ2n) is 9.38. The molecular weight excluding hydrogens is 414 g/mol. The maximum atomic E-state index is 12.5. The minimum absolute atomic E-state index is 0.00993. The molecule has 0 aromatic heterocycles. The average Bonchev–Trinajstić information content (AvgIpc) is 2.82. The van der Waals surface area contributed by atoms with Crippen molar-refractivity contribution < 1.29 is 14.7 Å². The van der Waals surface area contributed by atoms with E-state index in [1.807, 2.05) is 36.1 Å². The number of amides is 2. The van der Waals surface area contributed by atoms with Crippen LogP contribution in [0.1, 0.15) is 48.0 Å². The van der Waals surface area contributed by atoms with E-state index in [0.29, 0.717) is 12.0 Å². The van der Waals surface area contributed by atoms with E-state index in [2.05, 4.69) is 29.2 Å². The van der Waals surface area contributed by atoms with E-state index in [9.17, 15) is 14.7 Å². The first kappa shape index (κ1) is 23.5. The molecule has 0 spiro atoms. The lowest BCUT2D eigenvalue weighted by atomic mass is 9.74. The zero-order valence-corrected chi connectivity index (χ0v) is 19.9. The van der Waals surface area contributed by atoms with E-state index in [1.165, 1.54) is 5.56 Å². The molecule has 2 fully saturated rings. The maximum Gasteiger partial charge on any atom is 0.253 e. The van der Waals surface area contributed by atoms with Gasteiger partial charge in [0.1, 0.15) is 0 Å². The van der Waals surface area contributed by atoms with Gasteiger partial charge in [0.15, 0.2) is 0 Å². The Labute approximate surface area is 196 Å². The van der Waals surface area contributed by atoms with Crippen LogP contribution >= 0.6 is 0 Å². The van der Waals surface area contributed by atoms with Gasteiger partial charge in [-0.2, -0.15) is 0 Å². The van der Waals surface area contributed by atoms with Gasteiger partial charge in [0.2, 0.25) is 5.91 Å². The summed E-state index contributed by atoms with van der Waals surface area (Å²) in [4.78, 5) is 30.8. The number of fused-ring (bicyclic) bond motifs is 1. The molecule has 2 aromatic carbocycles. The van der Waals surface area contributed by atoms with Gasteiger partial charge in [0, 0.05) is 57.2 Å². The third-order valence-corrected chi connectivity index (χ3v) is 7.17. The molecule has 0 aliphatic carbocycles. The molecule has 0 bridgehead atoms. The Bertz CT molecular complexity index is 988. The maximum absolute atomic E-state index is 12.5. The van der Waals surface area contributed by atoms with Crippen molar-refractivity contribution in [3.8, 4) is 11.1 Å². The largest absolute Gasteiger partial charge is 0.395 e. The third kappa shape index (κ3) is 4.68. The molecule has 33 heavy (non-hydrogen) atoms. The number of carbonyl (C=O) groups excluding carboxylic acids is 2. The molecule has 2 aliphatic heterocycles. The van der Waals surface area contributed by atoms with Gasteiger partial charge in [0.25, 0.3) is 5.91 Å². The highest BCUT2D eigenvalue weighted by Gasteiger charge is 2.49. The van der Waals surface area contributed by atoms with Crippen LogP contribution in [0.2, 0.25) is 0 Å². The van der Waals surface area contributed by atoms with E-state index in [0.717, 1.165) is 43.6 Å². The Morgan fingerprint density at radius 1 is 1.03 bits per heavy atom. The van der Waals surface area contributed by atoms with Crippen LogP contribution in [0.5, 0.6) is 0 Å². The van der Waals surface area contributed by atoms with Crippen LogP contribution in [-0.2, 0) is 4.79 Å². The van der Waals surface area contributed by atoms with Crippen LogP contribution in [0.4, 0.5) is 0 Å². The molecule has 0 saturated carbocycles. The highest BCUT2D eigenvalue weighted by atomic mass is 16.3. The van der Waals surface area contributed by atoms with E-state index in [-0.39, 0.29) is 36.4 Å². The van der Waals surface area contributed by atoms with Gasteiger partial charge in [-0.15, -0.1) is 0 Å². The minimum Gasteiger partial charge on any atom is -0.395 e. The molecule has 2 aliphatic rings. The fourth-order valence-corrected chi connectivity index (χ4v) is 5.38. The highest BCUT2D eigenvalue weighted by molar-refractivity contribution is 5.95. The average molecular weight is 450 g/mol. The molecule has 6 heteroatoms. The summed E-state index contributed by atoms with van der Waals surface area (Å²) < 4.78 is 0. The lowest BCUT2D eigenvalue weighted by molar-refractivity contribution is -0.136. The van der Waals surface area contributed by atoms with Crippen molar-refractivity contribution in [2.45, 2.75) is 44.2 Å². The van der Waals surface area contributed by atoms with Crippen molar-refractivity contribution in [3.63, 3.8) is 0 Å². The van der Waals surface area contributed by atoms with Crippen molar-refractivity contribution in [2.24, 2.45) is 0 Å². The second kappa shape index (κ2) is 10.1. The summed E-state index contributed by atoms with van der Waals surface area (Å²) >= 11 is 0. The predicted octanol–water partition coefficient (Wildman–Crippen LogP) is 3.22. The van der Waals surface area contributed by atoms with Gasteiger partial charge < -0.3 is 14.9 Å². The predicted molar refractivity (Wildman–Crippen MR) is 130 cm³/mol. The van der Waals surface area contributed by atoms with Crippen LogP contribution in [0, 0.1) is 0 Å². The summed E-state index contributed by atoms with van der Waals surface area (Å²) in [7, 11) is 3.52. The summed E-state index contributed by atoms with van der Waals surface area (Å²) in [5, 5.41) is 10.1. The SMILES string of the molecule is CCC(=O)N1CCCCN2[C@H](CO)[C@@H](c3ccc(-c4cccc(C(=O)N(C)C)c4)cc3)[C@@H]2C1. The van der Waals surface area contributed by atoms with Crippen LogP contribution in [0.3, 0.4) is 0 Å². The number of carbonyl (C=O) groups is 2. The number of rotatable bonds is 5. The number of hydrogen-bond donors (Lipinski definition) is 1. The van der Waals surface area contributed by atoms with Gasteiger partial charge in [-0.3, -0.25) is 14.5 Å². The zero-order valence-electron chi connectivity index (χ0n) is 19.9. The van der Waals surface area contributed by atoms with E-state index in [4.69, 9.17) is 0 Å². The minimum atomic E-state index is -0.00993. The van der Waals surface area contributed by atoms with E-state index in [1.54, 1.807) is 19.0 Å². The summed E-state index contributed by atoms with van der Waals surface area (Å²) in [6, 6.07) is 16.5. The van der Waals surface area contributed by atoms with Gasteiger partial charge in [0.05, 0.1) is 6.61 Å². The van der Waals surface area contributed by atoms with Crippen molar-refractivity contribution in [1.29, 1.82) is 0 Å². The quantitative estimate of drug-likeness (QED) is 0.761. The lowest BCUT2D eigenvalue weighted by Gasteiger charge is -2.57. The first-order valence-electron chi connectivity index (χ1n) is 12.0. The Morgan fingerprint density at radius 2 is 1.76 bits per heavy atom. The number of hydrogen-bond acceptors (Lipinski definition) is 4. The van der Waals surface area contributed by atoms with Crippen LogP contribution in [-0.4, -0.2) is 84.0 Å². The molecule has 2 heterocycles. The molecule has 2 aromatic rings. The number of aliphatic hydroxyl groups is 1. The number of aliphatic hydroxyl groups excluding tert-OH is 1. The fraction of sp³-hybridized carbons (Fsp3) is 0.481. The molecule has 0 unspecified atom stereocenters. The van der Waals surface area contributed by atoms with Crippen molar-refractivity contribution in [1.82, 2.24) is 14.7 Å². The molecule has 2 amide bonds. The van der Waals surface area contributed by atoms with Crippen molar-refractivity contribution >= 4 is 11.8 Å². The summed E-state index contributed by atoms with van der Waals surface area (Å²) in [6.45, 7) is 4.58. The fourth-order valence-electron chi connectivity index (χ4n) is 5.38. The molecule has 0 radical (unpaired) electrons. The molecule has 4 rings (SSSR count). The smallest absolute Gasteiger partial charge is 0.253 e. The first-order chi connectivity index (χ1) is 15.9. The van der Waals surface area contributed by atoms with E-state index >= 15 is 0 Å². The van der Waals surface area contributed by atoms with Crippen LogP contribution < -0.4 is 0 Å². The monoisotopic (exact) mass is 449 g/mol. The van der Waals surface area contributed by atoms with Gasteiger partial charge in [-0.1, -0.05) is 43.3 Å². The summed E-state index contributed by atoms with van der Waals surface area (Å²) in [5.74, 6) is 0.408. The van der Waals surface area contributed by atoms with Crippen molar-refractivity contribution in [2.75, 3.05) is 40.3 Å². The second-order valence-corrected chi connectivity index (χ2v) is 9.38. The molecular formula is C27H35N3O3. The van der Waals surface area contributed by atoms with Crippen LogP contribution in [0.25, 0.3) is 11.1 Å². The summed E-state index contributed by atoms with van der Waals surface area (Å²) in [6.07, 6.45) is 2.60. The first-order valence-corrected chi connectivity index (χ1v) is 12.0. The van der Waals surface area contributed by atoms with Crippen molar-refractivity contribution in [3.05, 3.63) is 59.7 Å². The normalized spacial score (nSPS) is 23.2. The van der Waals surface area contributed by atoms with Crippen LogP contribution in [0.15, 0.2) is 48.5 Å². The summed E-state index contributed by atoms with van der Waals surface area (Å²) in [5.41, 5.74) is 3.94. The molecule has 1 N–H and O–H groups in total.